The monoisotopic (exact) mass is 362 g/mol. The number of ether oxygens (including phenoxy) is 3. The smallest absolute Gasteiger partial charge is 0.330 e. The molecule has 0 atom stereocenters. The first-order valence-corrected chi connectivity index (χ1v) is 8.76. The summed E-state index contributed by atoms with van der Waals surface area (Å²) >= 11 is 0. The molecule has 0 N–H and O–H groups in total. The molecule has 27 heavy (non-hydrogen) atoms. The van der Waals surface area contributed by atoms with E-state index in [0.717, 1.165) is 33.2 Å². The molecule has 0 amide bonds. The fraction of sp³-hybridized carbons (Fsp3) is 0.174. The summed E-state index contributed by atoms with van der Waals surface area (Å²) in [4.78, 5) is 11.7. The van der Waals surface area contributed by atoms with E-state index >= 15 is 0 Å². The molecule has 0 aliphatic carbocycles. The molecule has 0 aliphatic heterocycles. The van der Waals surface area contributed by atoms with Crippen molar-refractivity contribution >= 4 is 22.8 Å². The maximum Gasteiger partial charge on any atom is 0.330 e. The Morgan fingerprint density at radius 3 is 2.52 bits per heavy atom. The molecule has 3 aromatic rings. The Kier molecular flexibility index (Phi) is 5.77. The van der Waals surface area contributed by atoms with Crippen LogP contribution in [0.2, 0.25) is 0 Å². The van der Waals surface area contributed by atoms with Crippen LogP contribution in [-0.2, 0) is 9.53 Å². The zero-order valence-corrected chi connectivity index (χ0v) is 15.7. The van der Waals surface area contributed by atoms with E-state index in [2.05, 4.69) is 18.2 Å². The fourth-order valence-corrected chi connectivity index (χ4v) is 3.01. The van der Waals surface area contributed by atoms with Crippen LogP contribution in [0.1, 0.15) is 12.5 Å². The fourth-order valence-electron chi connectivity index (χ4n) is 3.01. The van der Waals surface area contributed by atoms with Crippen molar-refractivity contribution < 1.29 is 19.0 Å². The van der Waals surface area contributed by atoms with Crippen LogP contribution in [0.5, 0.6) is 11.5 Å². The summed E-state index contributed by atoms with van der Waals surface area (Å²) < 4.78 is 15.8. The highest BCUT2D eigenvalue weighted by Crippen LogP contribution is 2.33. The summed E-state index contributed by atoms with van der Waals surface area (Å²) in [6.45, 7) is 2.13. The van der Waals surface area contributed by atoms with Crippen molar-refractivity contribution in [2.24, 2.45) is 0 Å². The summed E-state index contributed by atoms with van der Waals surface area (Å²) in [6.07, 6.45) is 3.17. The lowest BCUT2D eigenvalue weighted by Crippen LogP contribution is -1.99. The van der Waals surface area contributed by atoms with Crippen molar-refractivity contribution in [2.45, 2.75) is 6.92 Å². The number of hydrogen-bond donors (Lipinski definition) is 0. The molecule has 0 heterocycles. The number of fused-ring (bicyclic) bond motifs is 1. The molecule has 0 radical (unpaired) electrons. The first kappa shape index (κ1) is 18.5. The van der Waals surface area contributed by atoms with Crippen LogP contribution in [0.15, 0.2) is 60.7 Å². The van der Waals surface area contributed by atoms with Gasteiger partial charge in [0.2, 0.25) is 0 Å². The van der Waals surface area contributed by atoms with Crippen LogP contribution in [0.25, 0.3) is 28.0 Å². The Labute approximate surface area is 159 Å². The van der Waals surface area contributed by atoms with Crippen LogP contribution < -0.4 is 9.47 Å². The number of rotatable bonds is 6. The number of carbonyl (C=O) groups is 1. The van der Waals surface area contributed by atoms with E-state index in [4.69, 9.17) is 14.2 Å². The molecule has 0 spiro atoms. The Balaban J connectivity index is 2.06. The van der Waals surface area contributed by atoms with E-state index in [1.54, 1.807) is 27.2 Å². The Bertz CT molecular complexity index is 989. The highest BCUT2D eigenvalue weighted by atomic mass is 16.5. The molecule has 0 bridgehead atoms. The second-order valence-corrected chi connectivity index (χ2v) is 5.93. The van der Waals surface area contributed by atoms with Crippen molar-refractivity contribution in [1.82, 2.24) is 0 Å². The lowest BCUT2D eigenvalue weighted by atomic mass is 9.97. The molecule has 0 unspecified atom stereocenters. The molecule has 4 heteroatoms. The lowest BCUT2D eigenvalue weighted by molar-refractivity contribution is -0.137. The Morgan fingerprint density at radius 2 is 1.78 bits per heavy atom. The summed E-state index contributed by atoms with van der Waals surface area (Å²) in [5, 5.41) is 2.06. The second-order valence-electron chi connectivity index (χ2n) is 5.93. The normalized spacial score (nSPS) is 10.9. The Morgan fingerprint density at radius 1 is 0.963 bits per heavy atom. The molecule has 138 valence electrons. The summed E-state index contributed by atoms with van der Waals surface area (Å²) in [6, 6.07) is 18.1. The minimum Gasteiger partial charge on any atom is -0.497 e. The average molecular weight is 362 g/mol. The molecule has 0 aromatic heterocycles. The molecular weight excluding hydrogens is 340 g/mol. The van der Waals surface area contributed by atoms with Crippen LogP contribution in [0, 0.1) is 0 Å². The predicted octanol–water partition coefficient (Wildman–Crippen LogP) is 5.10. The minimum atomic E-state index is -0.371. The predicted molar refractivity (Wildman–Crippen MR) is 108 cm³/mol. The summed E-state index contributed by atoms with van der Waals surface area (Å²) in [7, 11) is 3.28. The van der Waals surface area contributed by atoms with Gasteiger partial charge in [-0.05, 0) is 59.2 Å². The number of benzene rings is 3. The van der Waals surface area contributed by atoms with Gasteiger partial charge in [-0.3, -0.25) is 0 Å². The van der Waals surface area contributed by atoms with Gasteiger partial charge < -0.3 is 14.2 Å². The highest BCUT2D eigenvalue weighted by Gasteiger charge is 2.09. The third kappa shape index (κ3) is 4.11. The van der Waals surface area contributed by atoms with Gasteiger partial charge in [-0.2, -0.15) is 0 Å². The third-order valence-corrected chi connectivity index (χ3v) is 4.32. The molecule has 0 saturated heterocycles. The van der Waals surface area contributed by atoms with Crippen molar-refractivity contribution in [3.63, 3.8) is 0 Å². The third-order valence-electron chi connectivity index (χ3n) is 4.32. The topological polar surface area (TPSA) is 44.8 Å². The SMILES string of the molecule is CCOC(=O)C=Cc1c(OC)ccc2cc(-c3cccc(OC)c3)ccc12. The van der Waals surface area contributed by atoms with Crippen molar-refractivity contribution in [3.8, 4) is 22.6 Å². The molecule has 3 rings (SSSR count). The van der Waals surface area contributed by atoms with Gasteiger partial charge in [0.25, 0.3) is 0 Å². The van der Waals surface area contributed by atoms with E-state index in [1.165, 1.54) is 6.08 Å². The van der Waals surface area contributed by atoms with Crippen LogP contribution in [0.3, 0.4) is 0 Å². The van der Waals surface area contributed by atoms with E-state index in [-0.39, 0.29) is 5.97 Å². The van der Waals surface area contributed by atoms with Crippen molar-refractivity contribution in [3.05, 3.63) is 66.2 Å². The van der Waals surface area contributed by atoms with Gasteiger partial charge in [-0.25, -0.2) is 4.79 Å². The molecule has 4 nitrogen and oxygen atoms in total. The molecule has 3 aromatic carbocycles. The van der Waals surface area contributed by atoms with Crippen LogP contribution in [-0.4, -0.2) is 26.8 Å². The van der Waals surface area contributed by atoms with Crippen molar-refractivity contribution in [1.29, 1.82) is 0 Å². The maximum atomic E-state index is 11.7. The van der Waals surface area contributed by atoms with Gasteiger partial charge in [0, 0.05) is 11.6 Å². The van der Waals surface area contributed by atoms with Gasteiger partial charge in [0.1, 0.15) is 11.5 Å². The minimum absolute atomic E-state index is 0.347. The number of esters is 1. The van der Waals surface area contributed by atoms with Gasteiger partial charge >= 0.3 is 5.97 Å². The van der Waals surface area contributed by atoms with Gasteiger partial charge in [0.05, 0.1) is 20.8 Å². The van der Waals surface area contributed by atoms with E-state index in [1.807, 2.05) is 36.4 Å². The lowest BCUT2D eigenvalue weighted by Gasteiger charge is -2.11. The van der Waals surface area contributed by atoms with Gasteiger partial charge in [0.15, 0.2) is 0 Å². The van der Waals surface area contributed by atoms with Gasteiger partial charge in [-0.15, -0.1) is 0 Å². The Hall–Kier alpha value is -3.27. The first-order chi connectivity index (χ1) is 13.2. The zero-order chi connectivity index (χ0) is 19.2. The highest BCUT2D eigenvalue weighted by molar-refractivity contribution is 5.98. The van der Waals surface area contributed by atoms with E-state index < -0.39 is 0 Å². The largest absolute Gasteiger partial charge is 0.497 e. The van der Waals surface area contributed by atoms with E-state index in [0.29, 0.717) is 12.4 Å². The quantitative estimate of drug-likeness (QED) is 0.452. The first-order valence-electron chi connectivity index (χ1n) is 8.76. The van der Waals surface area contributed by atoms with Gasteiger partial charge in [-0.1, -0.05) is 30.3 Å². The number of carbonyl (C=O) groups excluding carboxylic acids is 1. The summed E-state index contributed by atoms with van der Waals surface area (Å²) in [5.41, 5.74) is 3.02. The number of hydrogen-bond acceptors (Lipinski definition) is 4. The standard InChI is InChI=1S/C23H22O4/c1-4-27-23(24)13-11-21-20-10-8-17(14-18(20)9-12-22(21)26-3)16-6-5-7-19(15-16)25-2/h5-15H,4H2,1-3H3. The summed E-state index contributed by atoms with van der Waals surface area (Å²) in [5.74, 6) is 1.15. The van der Waals surface area contributed by atoms with Crippen LogP contribution >= 0.6 is 0 Å². The molecule has 0 fully saturated rings. The molecule has 0 aliphatic rings. The molecule has 0 saturated carbocycles. The average Bonchev–Trinajstić information content (AvgIpc) is 2.71. The van der Waals surface area contributed by atoms with Crippen molar-refractivity contribution in [2.75, 3.05) is 20.8 Å². The second kappa shape index (κ2) is 8.41. The van der Waals surface area contributed by atoms with E-state index in [9.17, 15) is 4.79 Å². The molecular formula is C23H22O4. The van der Waals surface area contributed by atoms with Crippen LogP contribution in [0.4, 0.5) is 0 Å². The number of methoxy groups -OCH3 is 2. The zero-order valence-electron chi connectivity index (χ0n) is 15.7. The maximum absolute atomic E-state index is 11.7.